The predicted octanol–water partition coefficient (Wildman–Crippen LogP) is -13.1. The Balaban J connectivity index is 0.00000406. The summed E-state index contributed by atoms with van der Waals surface area (Å²) < 4.78 is 46.8. The number of nitrogens with zero attached hydrogens (tertiary/aromatic N) is 2. The van der Waals surface area contributed by atoms with Crippen LogP contribution in [0.15, 0.2) is 69.9 Å². The number of carboxylic acid groups (broad SMARTS) is 4. The van der Waals surface area contributed by atoms with Crippen molar-refractivity contribution >= 4 is 46.2 Å². The summed E-state index contributed by atoms with van der Waals surface area (Å²) in [6.45, 7) is -2.47. The van der Waals surface area contributed by atoms with Gasteiger partial charge in [-0.05, 0) is 54.4 Å². The molecule has 1 aliphatic carbocycles. The number of carbonyl (C=O) groups excluding carboxylic acids is 4. The zero-order chi connectivity index (χ0) is 38.6. The van der Waals surface area contributed by atoms with E-state index in [-0.39, 0.29) is 275 Å². The molecule has 0 spiro atoms. The Morgan fingerprint density at radius 3 is 1.79 bits per heavy atom. The number of fused-ring (bicyclic) bond motifs is 2. The van der Waals surface area contributed by atoms with E-state index < -0.39 is 72.9 Å². The molecular formula is C36H26F2K4N2O13. The van der Waals surface area contributed by atoms with E-state index in [1.165, 1.54) is 30.3 Å². The second-order valence-electron chi connectivity index (χ2n) is 11.6. The van der Waals surface area contributed by atoms with Crippen molar-refractivity contribution in [1.29, 1.82) is 0 Å². The Kier molecular flexibility index (Phi) is 23.9. The van der Waals surface area contributed by atoms with Gasteiger partial charge in [0.2, 0.25) is 5.43 Å². The molecule has 0 fully saturated rings. The fourth-order valence-corrected chi connectivity index (χ4v) is 5.63. The normalized spacial score (nSPS) is 10.2. The first-order valence-electron chi connectivity index (χ1n) is 15.5. The van der Waals surface area contributed by atoms with Crippen molar-refractivity contribution in [2.45, 2.75) is 6.92 Å². The average Bonchev–Trinajstić information content (AvgIpc) is 3.06. The van der Waals surface area contributed by atoms with Crippen LogP contribution < -0.4 is 251 Å². The number of phenols is 1. The van der Waals surface area contributed by atoms with Gasteiger partial charge in [0.15, 0.2) is 17.4 Å². The summed E-state index contributed by atoms with van der Waals surface area (Å²) in [7, 11) is 0. The van der Waals surface area contributed by atoms with Gasteiger partial charge in [0.25, 0.3) is 0 Å². The second-order valence-corrected chi connectivity index (χ2v) is 11.6. The van der Waals surface area contributed by atoms with Gasteiger partial charge in [0, 0.05) is 28.6 Å². The molecule has 57 heavy (non-hydrogen) atoms. The first-order valence-corrected chi connectivity index (χ1v) is 15.5. The first kappa shape index (κ1) is 54.7. The number of hydrogen-bond acceptors (Lipinski definition) is 15. The summed E-state index contributed by atoms with van der Waals surface area (Å²) in [5, 5.41) is 55.9. The molecule has 0 radical (unpaired) electrons. The number of phenolic OH excluding ortho intramolecular Hbond substituents is 1. The Labute approximate surface area is 493 Å². The van der Waals surface area contributed by atoms with Crippen LogP contribution >= 0.6 is 0 Å². The van der Waals surface area contributed by atoms with Gasteiger partial charge in [-0.1, -0.05) is 12.1 Å². The third-order valence-corrected chi connectivity index (χ3v) is 7.76. The number of aryl methyl sites for hydroxylation is 1. The molecular weight excluding hydrogens is 863 g/mol. The van der Waals surface area contributed by atoms with E-state index in [4.69, 9.17) is 13.9 Å². The summed E-state index contributed by atoms with van der Waals surface area (Å²) in [6, 6.07) is 12.1. The summed E-state index contributed by atoms with van der Waals surface area (Å²) in [6.07, 6.45) is 0. The number of aromatic hydroxyl groups is 1. The van der Waals surface area contributed by atoms with Gasteiger partial charge < -0.3 is 68.4 Å². The molecule has 1 heterocycles. The third-order valence-electron chi connectivity index (χ3n) is 7.76. The molecule has 1 aliphatic heterocycles. The minimum Gasteiger partial charge on any atom is -0.548 e. The molecule has 0 aromatic heterocycles. The number of carbonyl (C=O) groups is 4. The molecule has 276 valence electrons. The maximum atomic E-state index is 14.7. The van der Waals surface area contributed by atoms with Crippen molar-refractivity contribution in [3.63, 3.8) is 0 Å². The second kappa shape index (κ2) is 24.9. The van der Waals surface area contributed by atoms with Crippen LogP contribution in [-0.4, -0.2) is 68.4 Å². The van der Waals surface area contributed by atoms with Crippen LogP contribution in [0.4, 0.5) is 20.2 Å². The molecule has 0 bridgehead atoms. The van der Waals surface area contributed by atoms with Crippen LogP contribution in [0.25, 0.3) is 33.4 Å². The topological polar surface area (TPSA) is 236 Å². The number of rotatable bonds is 16. The Morgan fingerprint density at radius 2 is 1.23 bits per heavy atom. The van der Waals surface area contributed by atoms with Crippen LogP contribution in [0.1, 0.15) is 5.56 Å². The Hall–Kier alpha value is -0.365. The predicted molar refractivity (Wildman–Crippen MR) is 173 cm³/mol. The number of benzene rings is 4. The average molecular weight is 889 g/mol. The summed E-state index contributed by atoms with van der Waals surface area (Å²) >= 11 is 0. The number of anilines is 2. The molecule has 1 N–H and O–H groups in total. The summed E-state index contributed by atoms with van der Waals surface area (Å²) in [4.78, 5) is 59.9. The SMILES string of the molecule is Cc1ccc(OCCOc2cc(-c3c4cc(F)c(=O)cc-4oc4cc(O)c(F)cc34)ccc2N(CC(=O)[O-])CC(=O)[O-])c(N(CC(=O)[O-])CC(=O)[O-])c1.[K+].[K+].[K+].[K+]. The molecule has 0 saturated carbocycles. The minimum atomic E-state index is -1.66. The van der Waals surface area contributed by atoms with Gasteiger partial charge in [-0.3, -0.25) is 4.79 Å². The zero-order valence-corrected chi connectivity index (χ0v) is 44.0. The quantitative estimate of drug-likeness (QED) is 0.0551. The number of aliphatic carboxylic acids is 4. The number of halogens is 2. The maximum Gasteiger partial charge on any atom is 1.00 e. The Morgan fingerprint density at radius 1 is 0.684 bits per heavy atom. The van der Waals surface area contributed by atoms with Crippen LogP contribution in [0.2, 0.25) is 0 Å². The van der Waals surface area contributed by atoms with E-state index in [0.717, 1.165) is 34.1 Å². The fourth-order valence-electron chi connectivity index (χ4n) is 5.63. The summed E-state index contributed by atoms with van der Waals surface area (Å²) in [5.41, 5.74) is -0.279. The van der Waals surface area contributed by atoms with Crippen molar-refractivity contribution in [2.24, 2.45) is 0 Å². The molecule has 0 unspecified atom stereocenters. The Bertz CT molecular complexity index is 2260. The largest absolute Gasteiger partial charge is 1.00 e. The van der Waals surface area contributed by atoms with Crippen molar-refractivity contribution in [1.82, 2.24) is 0 Å². The van der Waals surface area contributed by atoms with Crippen LogP contribution in [0.5, 0.6) is 17.2 Å². The van der Waals surface area contributed by atoms with E-state index in [0.29, 0.717) is 5.56 Å². The first-order chi connectivity index (χ1) is 25.1. The zero-order valence-electron chi connectivity index (χ0n) is 31.5. The maximum absolute atomic E-state index is 14.7. The van der Waals surface area contributed by atoms with E-state index in [2.05, 4.69) is 0 Å². The van der Waals surface area contributed by atoms with Crippen LogP contribution in [0.3, 0.4) is 0 Å². The van der Waals surface area contributed by atoms with Crippen molar-refractivity contribution in [2.75, 3.05) is 49.2 Å². The monoisotopic (exact) mass is 888 g/mol. The van der Waals surface area contributed by atoms with Gasteiger partial charge in [0.1, 0.15) is 36.1 Å². The van der Waals surface area contributed by atoms with Crippen molar-refractivity contribution in [3.05, 3.63) is 88.1 Å². The molecule has 0 amide bonds. The molecule has 3 aromatic carbocycles. The smallest absolute Gasteiger partial charge is 0.548 e. The summed E-state index contributed by atoms with van der Waals surface area (Å²) in [5.74, 6) is -9.74. The third kappa shape index (κ3) is 14.6. The molecule has 5 rings (SSSR count). The number of ether oxygens (including phenoxy) is 2. The minimum absolute atomic E-state index is 0. The van der Waals surface area contributed by atoms with Crippen LogP contribution in [-0.2, 0) is 19.2 Å². The molecule has 2 aliphatic rings. The van der Waals surface area contributed by atoms with Gasteiger partial charge in [-0.15, -0.1) is 0 Å². The van der Waals surface area contributed by atoms with Gasteiger partial charge in [-0.25, -0.2) is 8.78 Å². The standard InChI is InChI=1S/C36H30F2N2O13.4K/c1-18-2-5-28(25(8-18)40(16-34(47)48)17-35(49)50)51-6-7-52-31-9-19(3-4-24(31)39(14-32(43)44)15-33(45)46)36-20-10-22(37)26(41)12-29(20)53-30-13-27(42)23(38)11-21(30)36;;;;/h2-5,8-13,41H,6-7,14-17H2,1H3,(H,43,44)(H,45,46)(H,47,48)(H,49,50);;;;/q;4*+1/p-4. The molecule has 3 aromatic rings. The van der Waals surface area contributed by atoms with E-state index in [1.807, 2.05) is 0 Å². The van der Waals surface area contributed by atoms with Gasteiger partial charge in [0.05, 0.1) is 61.4 Å². The van der Waals surface area contributed by atoms with Gasteiger partial charge in [-0.2, -0.15) is 0 Å². The van der Waals surface area contributed by atoms with Gasteiger partial charge >= 0.3 is 206 Å². The van der Waals surface area contributed by atoms with E-state index in [1.54, 1.807) is 13.0 Å². The molecule has 15 nitrogen and oxygen atoms in total. The fraction of sp³-hybridized carbons (Fsp3) is 0.194. The van der Waals surface area contributed by atoms with Crippen molar-refractivity contribution < 1.29 is 273 Å². The number of carboxylic acids is 4. The van der Waals surface area contributed by atoms with E-state index >= 15 is 0 Å². The van der Waals surface area contributed by atoms with Crippen molar-refractivity contribution in [3.8, 4) is 39.7 Å². The molecule has 21 heteroatoms. The van der Waals surface area contributed by atoms with Crippen LogP contribution in [0, 0.1) is 18.6 Å². The molecule has 0 saturated heterocycles. The van der Waals surface area contributed by atoms with E-state index in [9.17, 15) is 58.3 Å². The number of hydrogen-bond donors (Lipinski definition) is 1. The molecule has 0 atom stereocenters.